The predicted octanol–water partition coefficient (Wildman–Crippen LogP) is 3.27. The van der Waals surface area contributed by atoms with Crippen LogP contribution in [0.15, 0.2) is 30.5 Å². The number of carbonyl (C=O) groups excluding carboxylic acids is 1. The van der Waals surface area contributed by atoms with Crippen molar-refractivity contribution in [2.24, 2.45) is 5.92 Å². The van der Waals surface area contributed by atoms with E-state index < -0.39 is 0 Å². The Morgan fingerprint density at radius 1 is 1.19 bits per heavy atom. The molecule has 2 heterocycles. The summed E-state index contributed by atoms with van der Waals surface area (Å²) in [5.74, 6) is 0.121. The average Bonchev–Trinajstić information content (AvgIpc) is 2.91. The first kappa shape index (κ1) is 29.0. The molecular formula is C27H39ClN8O. The largest absolute Gasteiger partial charge is 0.303 e. The maximum atomic E-state index is 13.6. The summed E-state index contributed by atoms with van der Waals surface area (Å²) in [5.41, 5.74) is 4.75. The van der Waals surface area contributed by atoms with Crippen LogP contribution in [0.3, 0.4) is 0 Å². The first-order valence-electron chi connectivity index (χ1n) is 13.1. The van der Waals surface area contributed by atoms with Gasteiger partial charge in [-0.05, 0) is 36.7 Å². The molecule has 1 saturated heterocycles. The number of likely N-dealkylation sites (N-methyl/N-ethyl adjacent to an activating group) is 1. The first-order chi connectivity index (χ1) is 17.8. The molecule has 1 aromatic heterocycles. The molecule has 1 fully saturated rings. The van der Waals surface area contributed by atoms with E-state index in [0.29, 0.717) is 12.1 Å². The molecular weight excluding hydrogens is 488 g/mol. The number of halogens is 1. The summed E-state index contributed by atoms with van der Waals surface area (Å²) in [6.45, 7) is 18.4. The zero-order valence-corrected chi connectivity index (χ0v) is 23.2. The van der Waals surface area contributed by atoms with Crippen molar-refractivity contribution in [2.45, 2.75) is 34.2 Å². The van der Waals surface area contributed by atoms with Gasteiger partial charge in [-0.25, -0.2) is 15.4 Å². The lowest BCUT2D eigenvalue weighted by atomic mass is 10.1. The Hall–Kier alpha value is -2.61. The molecule has 9 nitrogen and oxygen atoms in total. The predicted molar refractivity (Wildman–Crippen MR) is 147 cm³/mol. The van der Waals surface area contributed by atoms with Crippen LogP contribution >= 0.6 is 11.6 Å². The van der Waals surface area contributed by atoms with Gasteiger partial charge in [-0.3, -0.25) is 14.6 Å². The minimum Gasteiger partial charge on any atom is -0.303 e. The third-order valence-electron chi connectivity index (χ3n) is 6.57. The van der Waals surface area contributed by atoms with Gasteiger partial charge in [-0.1, -0.05) is 51.4 Å². The number of hydrogen-bond acceptors (Lipinski definition) is 8. The summed E-state index contributed by atoms with van der Waals surface area (Å²) in [4.78, 5) is 29.1. The van der Waals surface area contributed by atoms with E-state index in [0.717, 1.165) is 64.5 Å². The van der Waals surface area contributed by atoms with Crippen LogP contribution in [0.5, 0.6) is 0 Å². The highest BCUT2D eigenvalue weighted by Gasteiger charge is 2.24. The van der Waals surface area contributed by atoms with E-state index >= 15 is 0 Å². The molecule has 2 aromatic rings. The van der Waals surface area contributed by atoms with Crippen LogP contribution in [-0.4, -0.2) is 89.5 Å². The van der Waals surface area contributed by atoms with Crippen LogP contribution in [0.25, 0.3) is 0 Å². The van der Waals surface area contributed by atoms with Crippen molar-refractivity contribution < 1.29 is 4.79 Å². The molecule has 0 saturated carbocycles. The standard InChI is InChI=1S/C27H39ClN8O/c1-5-33(6-2)10-11-34-12-14-35(15-13-34)20-22-8-7-9-23(16-22)27(37)36(31-18-21(3)4)26-24(28)19-30-25(17-29)32-26/h7-9,16,19,21,31H,5-6,10-15,18,20H2,1-4H3. The van der Waals surface area contributed by atoms with Gasteiger partial charge in [0.25, 0.3) is 5.91 Å². The Bertz CT molecular complexity index is 1060. The lowest BCUT2D eigenvalue weighted by Gasteiger charge is -2.35. The summed E-state index contributed by atoms with van der Waals surface area (Å²) in [6.07, 6.45) is 1.35. The van der Waals surface area contributed by atoms with Gasteiger partial charge in [0, 0.05) is 57.9 Å². The summed E-state index contributed by atoms with van der Waals surface area (Å²) in [7, 11) is 0. The number of nitrogens with one attached hydrogen (secondary N) is 1. The number of benzene rings is 1. The number of nitrogens with zero attached hydrogens (tertiary/aromatic N) is 7. The molecule has 1 aliphatic rings. The van der Waals surface area contributed by atoms with Gasteiger partial charge in [0.1, 0.15) is 11.1 Å². The Morgan fingerprint density at radius 3 is 2.54 bits per heavy atom. The SMILES string of the molecule is CCN(CC)CCN1CCN(Cc2cccc(C(=O)N(NCC(C)C)c3nc(C#N)ncc3Cl)c2)CC1. The molecule has 1 aromatic carbocycles. The minimum atomic E-state index is -0.284. The quantitative estimate of drug-likeness (QED) is 0.421. The molecule has 0 radical (unpaired) electrons. The molecule has 0 aliphatic carbocycles. The number of anilines is 1. The second-order valence-electron chi connectivity index (χ2n) is 9.72. The second kappa shape index (κ2) is 14.4. The average molecular weight is 527 g/mol. The fourth-order valence-electron chi connectivity index (χ4n) is 4.27. The number of amides is 1. The third kappa shape index (κ3) is 8.45. The fourth-order valence-corrected chi connectivity index (χ4v) is 4.44. The fraction of sp³-hybridized carbons (Fsp3) is 0.556. The van der Waals surface area contributed by atoms with E-state index in [1.807, 2.05) is 32.0 Å². The highest BCUT2D eigenvalue weighted by Crippen LogP contribution is 2.23. The highest BCUT2D eigenvalue weighted by molar-refractivity contribution is 6.33. The zero-order valence-electron chi connectivity index (χ0n) is 22.5. The lowest BCUT2D eigenvalue weighted by Crippen LogP contribution is -2.48. The number of hydrogen-bond donors (Lipinski definition) is 1. The number of nitriles is 1. The van der Waals surface area contributed by atoms with Gasteiger partial charge in [0.05, 0.1) is 6.20 Å². The van der Waals surface area contributed by atoms with Crippen LogP contribution in [0, 0.1) is 17.2 Å². The third-order valence-corrected chi connectivity index (χ3v) is 6.84. The Balaban J connectivity index is 1.68. The first-order valence-corrected chi connectivity index (χ1v) is 13.5. The van der Waals surface area contributed by atoms with Crippen LogP contribution in [0.1, 0.15) is 49.4 Å². The van der Waals surface area contributed by atoms with Crippen molar-refractivity contribution in [3.05, 3.63) is 52.4 Å². The van der Waals surface area contributed by atoms with Crippen molar-refractivity contribution in [1.29, 1.82) is 5.26 Å². The van der Waals surface area contributed by atoms with Gasteiger partial charge < -0.3 is 4.90 Å². The van der Waals surface area contributed by atoms with Crippen molar-refractivity contribution in [1.82, 2.24) is 30.1 Å². The van der Waals surface area contributed by atoms with Gasteiger partial charge >= 0.3 is 0 Å². The number of aromatic nitrogens is 2. The van der Waals surface area contributed by atoms with Crippen molar-refractivity contribution in [3.8, 4) is 6.07 Å². The molecule has 1 amide bonds. The van der Waals surface area contributed by atoms with Gasteiger partial charge in [0.15, 0.2) is 5.82 Å². The van der Waals surface area contributed by atoms with Crippen LogP contribution in [0.4, 0.5) is 5.82 Å². The van der Waals surface area contributed by atoms with Crippen molar-refractivity contribution in [2.75, 3.05) is 63.9 Å². The van der Waals surface area contributed by atoms with Crippen LogP contribution in [-0.2, 0) is 6.54 Å². The van der Waals surface area contributed by atoms with Gasteiger partial charge in [-0.15, -0.1) is 0 Å². The van der Waals surface area contributed by atoms with Crippen molar-refractivity contribution in [3.63, 3.8) is 0 Å². The monoisotopic (exact) mass is 526 g/mol. The molecule has 0 unspecified atom stereocenters. The number of rotatable bonds is 12. The highest BCUT2D eigenvalue weighted by atomic mass is 35.5. The topological polar surface area (TPSA) is 91.6 Å². The maximum Gasteiger partial charge on any atom is 0.274 e. The van der Waals surface area contributed by atoms with Crippen LogP contribution < -0.4 is 10.4 Å². The van der Waals surface area contributed by atoms with E-state index in [4.69, 9.17) is 11.6 Å². The van der Waals surface area contributed by atoms with E-state index in [1.54, 1.807) is 6.07 Å². The summed E-state index contributed by atoms with van der Waals surface area (Å²) < 4.78 is 0. The number of hydrazine groups is 1. The molecule has 0 atom stereocenters. The number of piperazine rings is 1. The molecule has 37 heavy (non-hydrogen) atoms. The Morgan fingerprint density at radius 2 is 1.89 bits per heavy atom. The molecule has 10 heteroatoms. The van der Waals surface area contributed by atoms with Crippen LogP contribution in [0.2, 0.25) is 5.02 Å². The van der Waals surface area contributed by atoms with Crippen molar-refractivity contribution >= 4 is 23.3 Å². The summed E-state index contributed by atoms with van der Waals surface area (Å²) >= 11 is 6.34. The molecule has 200 valence electrons. The zero-order chi connectivity index (χ0) is 26.8. The number of carbonyl (C=O) groups is 1. The van der Waals surface area contributed by atoms with E-state index in [1.165, 1.54) is 11.2 Å². The normalized spacial score (nSPS) is 14.8. The van der Waals surface area contributed by atoms with Gasteiger partial charge in [-0.2, -0.15) is 10.2 Å². The Kier molecular flexibility index (Phi) is 11.2. The minimum absolute atomic E-state index is 0.0477. The lowest BCUT2D eigenvalue weighted by molar-refractivity contribution is 0.0971. The molecule has 0 spiro atoms. The van der Waals surface area contributed by atoms with E-state index in [-0.39, 0.29) is 28.5 Å². The Labute approximate surface area is 226 Å². The smallest absolute Gasteiger partial charge is 0.274 e. The van der Waals surface area contributed by atoms with E-state index in [2.05, 4.69) is 50.0 Å². The summed E-state index contributed by atoms with van der Waals surface area (Å²) in [5, 5.41) is 10.8. The molecule has 0 bridgehead atoms. The summed E-state index contributed by atoms with van der Waals surface area (Å²) in [6, 6.07) is 9.60. The molecule has 1 aliphatic heterocycles. The second-order valence-corrected chi connectivity index (χ2v) is 10.1. The molecule has 1 N–H and O–H groups in total. The van der Waals surface area contributed by atoms with E-state index in [9.17, 15) is 10.1 Å². The van der Waals surface area contributed by atoms with Gasteiger partial charge in [0.2, 0.25) is 5.82 Å². The maximum absolute atomic E-state index is 13.6. The molecule has 3 rings (SSSR count).